The molecule has 9 nitrogen and oxygen atoms in total. The van der Waals surface area contributed by atoms with Gasteiger partial charge in [0.1, 0.15) is 4.21 Å². The molecule has 2 aliphatic rings. The number of carbonyl (C=O) groups is 1. The number of ether oxygens (including phenoxy) is 1. The third-order valence-electron chi connectivity index (χ3n) is 5.33. The Bertz CT molecular complexity index is 1210. The molecule has 0 unspecified atom stereocenters. The first-order valence-electron chi connectivity index (χ1n) is 9.36. The number of fused-ring (bicyclic) bond motifs is 3. The van der Waals surface area contributed by atoms with Gasteiger partial charge in [0.2, 0.25) is 5.56 Å². The molecule has 3 aromatic rings. The third-order valence-corrected chi connectivity index (χ3v) is 8.63. The van der Waals surface area contributed by atoms with Gasteiger partial charge < -0.3 is 14.2 Å². The first kappa shape index (κ1) is 19.5. The minimum Gasteiger partial charge on any atom is -0.378 e. The van der Waals surface area contributed by atoms with Crippen LogP contribution in [0.1, 0.15) is 16.1 Å². The monoisotopic (exact) mass is 448 g/mol. The van der Waals surface area contributed by atoms with E-state index in [4.69, 9.17) is 4.74 Å². The van der Waals surface area contributed by atoms with Crippen molar-refractivity contribution >= 4 is 27.8 Å². The molecule has 1 fully saturated rings. The fourth-order valence-electron chi connectivity index (χ4n) is 3.83. The van der Waals surface area contributed by atoms with E-state index in [0.717, 1.165) is 0 Å². The van der Waals surface area contributed by atoms with Crippen molar-refractivity contribution in [1.29, 1.82) is 0 Å². The zero-order valence-electron chi connectivity index (χ0n) is 16.1. The van der Waals surface area contributed by atoms with Crippen LogP contribution in [0.25, 0.3) is 16.9 Å². The predicted octanol–water partition coefficient (Wildman–Crippen LogP) is 2.40. The average molecular weight is 449 g/mol. The Balaban J connectivity index is 1.73. The van der Waals surface area contributed by atoms with Gasteiger partial charge >= 0.3 is 0 Å². The SMILES string of the molecule is Cn1cc(-n2nc(C(=O)N3CCOCC3)c3c2-c2ccsc2S(O)(O)C3)ccc1=O. The van der Waals surface area contributed by atoms with Gasteiger partial charge in [-0.2, -0.15) is 15.7 Å². The molecular weight excluding hydrogens is 428 g/mol. The molecule has 1 amide bonds. The van der Waals surface area contributed by atoms with E-state index in [1.807, 2.05) is 6.07 Å². The number of hydrogen-bond acceptors (Lipinski definition) is 7. The summed E-state index contributed by atoms with van der Waals surface area (Å²) in [4.78, 5) is 26.8. The summed E-state index contributed by atoms with van der Waals surface area (Å²) in [5.74, 6) is -0.320. The van der Waals surface area contributed by atoms with E-state index >= 15 is 0 Å². The Hall–Kier alpha value is -2.44. The Morgan fingerprint density at radius 2 is 2.00 bits per heavy atom. The second-order valence-electron chi connectivity index (χ2n) is 7.26. The van der Waals surface area contributed by atoms with Crippen molar-refractivity contribution < 1.29 is 18.6 Å². The zero-order chi connectivity index (χ0) is 21.0. The summed E-state index contributed by atoms with van der Waals surface area (Å²) in [6.07, 6.45) is 1.65. The molecule has 2 aliphatic heterocycles. The van der Waals surface area contributed by atoms with Crippen molar-refractivity contribution in [3.63, 3.8) is 0 Å². The number of carbonyl (C=O) groups excluding carboxylic acids is 1. The second kappa shape index (κ2) is 7.06. The highest BCUT2D eigenvalue weighted by molar-refractivity contribution is 8.25. The molecule has 11 heteroatoms. The van der Waals surface area contributed by atoms with Gasteiger partial charge in [-0.1, -0.05) is 0 Å². The molecule has 0 aliphatic carbocycles. The van der Waals surface area contributed by atoms with Crippen LogP contribution in [-0.2, 0) is 17.5 Å². The minimum absolute atomic E-state index is 0.0625. The Labute approximate surface area is 177 Å². The number of rotatable bonds is 2. The maximum Gasteiger partial charge on any atom is 0.274 e. The summed E-state index contributed by atoms with van der Waals surface area (Å²) in [6.45, 7) is 1.83. The number of pyridine rings is 1. The topological polar surface area (TPSA) is 110 Å². The maximum absolute atomic E-state index is 13.3. The quantitative estimate of drug-likeness (QED) is 0.623. The van der Waals surface area contributed by atoms with Crippen molar-refractivity contribution in [2.45, 2.75) is 9.96 Å². The summed E-state index contributed by atoms with van der Waals surface area (Å²) < 4.78 is 30.4. The van der Waals surface area contributed by atoms with Gasteiger partial charge in [0.05, 0.1) is 30.3 Å². The molecule has 0 bridgehead atoms. The van der Waals surface area contributed by atoms with Gasteiger partial charge in [0, 0.05) is 43.5 Å². The van der Waals surface area contributed by atoms with Crippen LogP contribution in [0.3, 0.4) is 0 Å². The lowest BCUT2D eigenvalue weighted by atomic mass is 10.1. The van der Waals surface area contributed by atoms with Crippen LogP contribution in [0.4, 0.5) is 0 Å². The van der Waals surface area contributed by atoms with E-state index in [0.29, 0.717) is 53.0 Å². The van der Waals surface area contributed by atoms with E-state index in [9.17, 15) is 18.7 Å². The smallest absolute Gasteiger partial charge is 0.274 e. The number of amides is 1. The predicted molar refractivity (Wildman–Crippen MR) is 114 cm³/mol. The lowest BCUT2D eigenvalue weighted by Gasteiger charge is -2.35. The molecule has 3 aromatic heterocycles. The van der Waals surface area contributed by atoms with Crippen LogP contribution in [0, 0.1) is 0 Å². The molecular formula is C19H20N4O5S2. The van der Waals surface area contributed by atoms with Crippen LogP contribution < -0.4 is 5.56 Å². The number of morpholine rings is 1. The molecule has 0 spiro atoms. The van der Waals surface area contributed by atoms with Crippen molar-refractivity contribution in [3.8, 4) is 16.9 Å². The zero-order valence-corrected chi connectivity index (χ0v) is 17.8. The number of thiophene rings is 1. The number of nitrogens with zero attached hydrogens (tertiary/aromatic N) is 4. The highest BCUT2D eigenvalue weighted by Crippen LogP contribution is 2.62. The lowest BCUT2D eigenvalue weighted by molar-refractivity contribution is 0.0298. The fraction of sp³-hybridized carbons (Fsp3) is 0.316. The van der Waals surface area contributed by atoms with Crippen molar-refractivity contribution in [2.75, 3.05) is 26.3 Å². The van der Waals surface area contributed by atoms with E-state index in [1.54, 1.807) is 34.3 Å². The van der Waals surface area contributed by atoms with Crippen LogP contribution in [0.15, 0.2) is 38.8 Å². The van der Waals surface area contributed by atoms with Crippen LogP contribution in [0.2, 0.25) is 0 Å². The van der Waals surface area contributed by atoms with Crippen LogP contribution >= 0.6 is 21.9 Å². The minimum atomic E-state index is -3.07. The summed E-state index contributed by atoms with van der Waals surface area (Å²) in [7, 11) is -1.42. The van der Waals surface area contributed by atoms with Crippen LogP contribution in [0.5, 0.6) is 0 Å². The molecule has 30 heavy (non-hydrogen) atoms. The van der Waals surface area contributed by atoms with Gasteiger partial charge in [-0.05, 0) is 17.5 Å². The molecule has 0 radical (unpaired) electrons. The lowest BCUT2D eigenvalue weighted by Crippen LogP contribution is -2.41. The van der Waals surface area contributed by atoms with E-state index < -0.39 is 10.6 Å². The van der Waals surface area contributed by atoms with Gasteiger partial charge in [-0.3, -0.25) is 18.7 Å². The van der Waals surface area contributed by atoms with E-state index in [2.05, 4.69) is 5.10 Å². The number of hydrogen-bond donors (Lipinski definition) is 2. The van der Waals surface area contributed by atoms with Crippen molar-refractivity contribution in [2.24, 2.45) is 7.05 Å². The van der Waals surface area contributed by atoms with E-state index in [1.165, 1.54) is 22.0 Å². The third kappa shape index (κ3) is 3.01. The average Bonchev–Trinajstić information content (AvgIpc) is 3.35. The van der Waals surface area contributed by atoms with Crippen molar-refractivity contribution in [3.05, 3.63) is 51.4 Å². The summed E-state index contributed by atoms with van der Waals surface area (Å²) in [5.41, 5.74) is 2.50. The molecule has 0 saturated carbocycles. The molecule has 0 atom stereocenters. The Morgan fingerprint density at radius 1 is 1.23 bits per heavy atom. The van der Waals surface area contributed by atoms with E-state index in [-0.39, 0.29) is 22.9 Å². The highest BCUT2D eigenvalue weighted by Gasteiger charge is 2.38. The molecule has 2 N–H and O–H groups in total. The largest absolute Gasteiger partial charge is 0.378 e. The Morgan fingerprint density at radius 3 is 2.73 bits per heavy atom. The van der Waals surface area contributed by atoms with Gasteiger partial charge in [-0.25, -0.2) is 4.68 Å². The highest BCUT2D eigenvalue weighted by atomic mass is 32.3. The molecule has 5 heterocycles. The first-order valence-corrected chi connectivity index (χ1v) is 12.0. The molecule has 1 saturated heterocycles. The first-order chi connectivity index (χ1) is 14.4. The molecule has 158 valence electrons. The standard InChI is InChI=1S/C19H20N4O5S2/c1-21-10-12(2-3-15(21)24)23-17-13-4-9-29-19(13)30(26,27)11-14(17)16(20-23)18(25)22-5-7-28-8-6-22/h2-4,9-10,26-27H,5-8,11H2,1H3. The van der Waals surface area contributed by atoms with Gasteiger partial charge in [0.15, 0.2) is 5.69 Å². The number of aryl methyl sites for hydroxylation is 1. The van der Waals surface area contributed by atoms with Crippen LogP contribution in [-0.4, -0.2) is 60.6 Å². The fourth-order valence-corrected chi connectivity index (χ4v) is 6.74. The Kier molecular flexibility index (Phi) is 4.60. The van der Waals surface area contributed by atoms with Crippen molar-refractivity contribution in [1.82, 2.24) is 19.2 Å². The molecule has 0 aromatic carbocycles. The van der Waals surface area contributed by atoms with Gasteiger partial charge in [0.25, 0.3) is 5.91 Å². The second-order valence-corrected chi connectivity index (χ2v) is 10.5. The summed E-state index contributed by atoms with van der Waals surface area (Å²) >= 11 is 1.28. The van der Waals surface area contributed by atoms with Gasteiger partial charge in [-0.15, -0.1) is 11.3 Å². The number of aromatic nitrogens is 3. The molecule has 5 rings (SSSR count). The summed E-state index contributed by atoms with van der Waals surface area (Å²) in [5, 5.41) is 6.42. The summed E-state index contributed by atoms with van der Waals surface area (Å²) in [6, 6.07) is 4.91. The normalized spacial score (nSPS) is 18.6. The maximum atomic E-state index is 13.3.